The van der Waals surface area contributed by atoms with Crippen molar-refractivity contribution in [3.05, 3.63) is 29.8 Å². The van der Waals surface area contributed by atoms with Crippen LogP contribution >= 0.6 is 10.6 Å². The number of benzene rings is 1. The quantitative estimate of drug-likeness (QED) is 0.401. The van der Waals surface area contributed by atoms with Gasteiger partial charge in [-0.15, -0.1) is 0 Å². The maximum Gasteiger partial charge on any atom is 0.224 e. The monoisotopic (exact) mass is 433 g/mol. The highest BCUT2D eigenvalue weighted by Gasteiger charge is 2.32. The number of sulfonamides is 1. The molecule has 1 aliphatic rings. The summed E-state index contributed by atoms with van der Waals surface area (Å²) >= 11 is 0. The summed E-state index contributed by atoms with van der Waals surface area (Å²) in [4.78, 5) is 12.0. The summed E-state index contributed by atoms with van der Waals surface area (Å²) in [6.45, 7) is 5.79. The number of rotatable bonds is 8. The first-order chi connectivity index (χ1) is 12.9. The molecule has 0 aliphatic carbocycles. The third kappa shape index (κ3) is 6.16. The zero-order valence-electron chi connectivity index (χ0n) is 16.6. The molecular formula is C18H31N3O5S2. The SMILES string of the molecule is CC(C)(C)S(=O)(=O)NCCCCC(=O)Nc1ccc(C2NCCS2(O)O)cc1. The Morgan fingerprint density at radius 3 is 2.39 bits per heavy atom. The minimum absolute atomic E-state index is 0.144. The molecule has 1 heterocycles. The Hall–Kier alpha value is -1.17. The first-order valence-corrected chi connectivity index (χ1v) is 12.6. The summed E-state index contributed by atoms with van der Waals surface area (Å²) in [6.07, 6.45) is 1.44. The van der Waals surface area contributed by atoms with Crippen molar-refractivity contribution in [1.82, 2.24) is 10.0 Å². The van der Waals surface area contributed by atoms with Crippen LogP contribution in [0.3, 0.4) is 0 Å². The van der Waals surface area contributed by atoms with Crippen molar-refractivity contribution < 1.29 is 22.3 Å². The number of hydrogen-bond acceptors (Lipinski definition) is 6. The molecule has 0 aromatic heterocycles. The Balaban J connectivity index is 1.73. The third-order valence-corrected chi connectivity index (χ3v) is 8.73. The van der Waals surface area contributed by atoms with Gasteiger partial charge >= 0.3 is 0 Å². The van der Waals surface area contributed by atoms with Gasteiger partial charge in [-0.25, -0.2) is 13.1 Å². The molecular weight excluding hydrogens is 402 g/mol. The van der Waals surface area contributed by atoms with E-state index >= 15 is 0 Å². The highest BCUT2D eigenvalue weighted by atomic mass is 32.3. The van der Waals surface area contributed by atoms with Gasteiger partial charge in [0.1, 0.15) is 5.37 Å². The molecule has 0 radical (unpaired) electrons. The molecule has 1 amide bonds. The predicted molar refractivity (Wildman–Crippen MR) is 114 cm³/mol. The van der Waals surface area contributed by atoms with Crippen molar-refractivity contribution in [2.24, 2.45) is 0 Å². The molecule has 0 saturated carbocycles. The Morgan fingerprint density at radius 1 is 1.21 bits per heavy atom. The number of hydrogen-bond donors (Lipinski definition) is 5. The lowest BCUT2D eigenvalue weighted by Crippen LogP contribution is -2.39. The number of nitrogens with one attached hydrogen (secondary N) is 3. The smallest absolute Gasteiger partial charge is 0.224 e. The highest BCUT2D eigenvalue weighted by Crippen LogP contribution is 2.54. The molecule has 2 rings (SSSR count). The van der Waals surface area contributed by atoms with Crippen molar-refractivity contribution in [2.75, 3.05) is 24.2 Å². The Bertz CT molecular complexity index is 773. The second-order valence-corrected chi connectivity index (χ2v) is 12.7. The van der Waals surface area contributed by atoms with Gasteiger partial charge in [0.2, 0.25) is 15.9 Å². The van der Waals surface area contributed by atoms with Gasteiger partial charge in [-0.1, -0.05) is 12.1 Å². The van der Waals surface area contributed by atoms with E-state index in [2.05, 4.69) is 15.4 Å². The van der Waals surface area contributed by atoms with Gasteiger partial charge in [-0.2, -0.15) is 10.6 Å². The Kier molecular flexibility index (Phi) is 7.51. The summed E-state index contributed by atoms with van der Waals surface area (Å²) < 4.78 is 45.6. The molecule has 0 bridgehead atoms. The maximum atomic E-state index is 12.0. The maximum absolute atomic E-state index is 12.0. The molecule has 1 aliphatic heterocycles. The molecule has 1 unspecified atom stereocenters. The molecule has 1 atom stereocenters. The molecule has 1 aromatic rings. The summed E-state index contributed by atoms with van der Waals surface area (Å²) in [6, 6.07) is 7.02. The van der Waals surface area contributed by atoms with E-state index in [0.29, 0.717) is 43.8 Å². The van der Waals surface area contributed by atoms with E-state index in [0.717, 1.165) is 5.56 Å². The number of unbranched alkanes of at least 4 members (excludes halogenated alkanes) is 1. The summed E-state index contributed by atoms with van der Waals surface area (Å²) in [5.41, 5.74) is 1.42. The molecule has 1 saturated heterocycles. The molecule has 10 heteroatoms. The summed E-state index contributed by atoms with van der Waals surface area (Å²) in [5.74, 6) is 0.205. The van der Waals surface area contributed by atoms with Crippen molar-refractivity contribution in [3.8, 4) is 0 Å². The van der Waals surface area contributed by atoms with Crippen molar-refractivity contribution >= 4 is 32.2 Å². The largest absolute Gasteiger partial charge is 0.326 e. The van der Waals surface area contributed by atoms with Gasteiger partial charge in [-0.3, -0.25) is 19.2 Å². The topological polar surface area (TPSA) is 128 Å². The lowest BCUT2D eigenvalue weighted by Gasteiger charge is -2.33. The lowest BCUT2D eigenvalue weighted by atomic mass is 10.2. The van der Waals surface area contributed by atoms with Crippen LogP contribution in [0.5, 0.6) is 0 Å². The van der Waals surface area contributed by atoms with Gasteiger partial charge in [0.05, 0.1) is 10.5 Å². The van der Waals surface area contributed by atoms with Crippen molar-refractivity contribution in [1.29, 1.82) is 0 Å². The van der Waals surface area contributed by atoms with Crippen LogP contribution in [0.4, 0.5) is 5.69 Å². The van der Waals surface area contributed by atoms with Crippen LogP contribution in [0.2, 0.25) is 0 Å². The van der Waals surface area contributed by atoms with Crippen LogP contribution in [-0.2, 0) is 14.8 Å². The fourth-order valence-electron chi connectivity index (χ4n) is 2.73. The zero-order chi connectivity index (χ0) is 21.0. The molecule has 5 N–H and O–H groups in total. The van der Waals surface area contributed by atoms with E-state index in [9.17, 15) is 22.3 Å². The first-order valence-electron chi connectivity index (χ1n) is 9.29. The Morgan fingerprint density at radius 2 is 1.86 bits per heavy atom. The van der Waals surface area contributed by atoms with E-state index < -0.39 is 30.7 Å². The zero-order valence-corrected chi connectivity index (χ0v) is 18.2. The average Bonchev–Trinajstić information content (AvgIpc) is 2.93. The molecule has 160 valence electrons. The third-order valence-electron chi connectivity index (χ3n) is 4.54. The van der Waals surface area contributed by atoms with Gasteiger partial charge in [0.25, 0.3) is 0 Å². The highest BCUT2D eigenvalue weighted by molar-refractivity contribution is 8.24. The number of anilines is 1. The van der Waals surface area contributed by atoms with Crippen molar-refractivity contribution in [2.45, 2.75) is 50.2 Å². The average molecular weight is 434 g/mol. The standard InChI is InChI=1S/C18H31N3O5S2/c1-18(2,3)28(25,26)20-11-5-4-6-16(22)21-15-9-7-14(8-10-15)17-19-12-13-27(17,23)24/h7-10,17,19-20,23-24H,4-6,11-13H2,1-3H3,(H,21,22). The van der Waals surface area contributed by atoms with Gasteiger partial charge in [0, 0.05) is 25.2 Å². The Labute approximate surface area is 168 Å². The van der Waals surface area contributed by atoms with Crippen LogP contribution < -0.4 is 15.4 Å². The van der Waals surface area contributed by atoms with Crippen LogP contribution in [0.1, 0.15) is 51.0 Å². The van der Waals surface area contributed by atoms with Gasteiger partial charge in [-0.05, 0) is 51.3 Å². The molecule has 1 aromatic carbocycles. The van der Waals surface area contributed by atoms with E-state index in [1.807, 2.05) is 0 Å². The van der Waals surface area contributed by atoms with Crippen LogP contribution in [0.15, 0.2) is 24.3 Å². The predicted octanol–water partition coefficient (Wildman–Crippen LogP) is 2.87. The molecule has 1 fully saturated rings. The lowest BCUT2D eigenvalue weighted by molar-refractivity contribution is -0.116. The van der Waals surface area contributed by atoms with E-state index in [1.165, 1.54) is 0 Å². The molecule has 28 heavy (non-hydrogen) atoms. The van der Waals surface area contributed by atoms with Crippen molar-refractivity contribution in [3.63, 3.8) is 0 Å². The fourth-order valence-corrected chi connectivity index (χ4v) is 5.20. The van der Waals surface area contributed by atoms with E-state index in [-0.39, 0.29) is 5.91 Å². The van der Waals surface area contributed by atoms with Crippen LogP contribution in [0, 0.1) is 0 Å². The second kappa shape index (κ2) is 9.10. The van der Waals surface area contributed by atoms with Gasteiger partial charge < -0.3 is 5.32 Å². The van der Waals surface area contributed by atoms with Crippen LogP contribution in [-0.4, -0.2) is 47.0 Å². The summed E-state index contributed by atoms with van der Waals surface area (Å²) in [7, 11) is -6.02. The minimum atomic E-state index is -3.36. The normalized spacial score (nSPS) is 20.7. The molecule has 8 nitrogen and oxygen atoms in total. The van der Waals surface area contributed by atoms with E-state index in [4.69, 9.17) is 0 Å². The summed E-state index contributed by atoms with van der Waals surface area (Å²) in [5, 5.41) is 5.42. The number of carbonyl (C=O) groups is 1. The van der Waals surface area contributed by atoms with E-state index in [1.54, 1.807) is 45.0 Å². The second-order valence-electron chi connectivity index (χ2n) is 7.89. The fraction of sp³-hybridized carbons (Fsp3) is 0.611. The molecule has 0 spiro atoms. The number of carbonyl (C=O) groups excluding carboxylic acids is 1. The van der Waals surface area contributed by atoms with Crippen LogP contribution in [0.25, 0.3) is 0 Å². The minimum Gasteiger partial charge on any atom is -0.326 e. The number of amides is 1. The first kappa shape index (κ1) is 23.1. The van der Waals surface area contributed by atoms with Gasteiger partial charge in [0.15, 0.2) is 0 Å².